The van der Waals surface area contributed by atoms with Crippen LogP contribution in [0.5, 0.6) is 17.5 Å². The van der Waals surface area contributed by atoms with Crippen molar-refractivity contribution >= 4 is 49.8 Å². The number of methoxy groups -OCH3 is 1. The van der Waals surface area contributed by atoms with Crippen molar-refractivity contribution in [1.82, 2.24) is 15.0 Å². The van der Waals surface area contributed by atoms with Gasteiger partial charge in [-0.3, -0.25) is 4.72 Å². The number of aromatic nitrogens is 3. The second kappa shape index (κ2) is 13.9. The first kappa shape index (κ1) is 32.9. The molecular formula is C34H37N7O5S. The quantitative estimate of drug-likeness (QED) is 0.120. The number of amides is 2. The fraction of sp³-hybridized carbons (Fsp3) is 0.235. The maximum absolute atomic E-state index is 13.4. The third-order valence-corrected chi connectivity index (χ3v) is 7.72. The minimum atomic E-state index is -3.62. The van der Waals surface area contributed by atoms with Crippen LogP contribution in [-0.2, 0) is 21.9 Å². The maximum atomic E-state index is 13.4. The number of hydrogen-bond acceptors (Lipinski definition) is 9. The Hall–Kier alpha value is -5.43. The molecule has 0 saturated heterocycles. The fourth-order valence-electron chi connectivity index (χ4n) is 4.87. The van der Waals surface area contributed by atoms with Crippen molar-refractivity contribution in [2.75, 3.05) is 40.6 Å². The predicted octanol–water partition coefficient (Wildman–Crippen LogP) is 6.79. The molecule has 2 amide bonds. The zero-order valence-corrected chi connectivity index (χ0v) is 27.6. The Kier molecular flexibility index (Phi) is 9.75. The van der Waals surface area contributed by atoms with E-state index in [9.17, 15) is 13.2 Å². The third kappa shape index (κ3) is 8.64. The molecule has 244 valence electrons. The molecule has 0 unspecified atom stereocenters. The van der Waals surface area contributed by atoms with E-state index in [-0.39, 0.29) is 22.9 Å². The van der Waals surface area contributed by atoms with Crippen LogP contribution in [0.3, 0.4) is 0 Å². The molecule has 47 heavy (non-hydrogen) atoms. The number of benzene rings is 4. The number of urea groups is 1. The number of carbonyl (C=O) groups excluding carboxylic acids is 1. The summed E-state index contributed by atoms with van der Waals surface area (Å²) in [6.07, 6.45) is 3.25. The van der Waals surface area contributed by atoms with Gasteiger partial charge in [0.15, 0.2) is 5.75 Å². The molecule has 0 aliphatic carbocycles. The van der Waals surface area contributed by atoms with Crippen molar-refractivity contribution in [3.63, 3.8) is 0 Å². The molecule has 0 spiro atoms. The molecule has 13 heteroatoms. The van der Waals surface area contributed by atoms with Gasteiger partial charge in [0.2, 0.25) is 16.0 Å². The van der Waals surface area contributed by atoms with Crippen LogP contribution < -0.4 is 30.1 Å². The van der Waals surface area contributed by atoms with Crippen LogP contribution in [0.25, 0.3) is 10.8 Å². The van der Waals surface area contributed by atoms with E-state index in [1.54, 1.807) is 24.3 Å². The van der Waals surface area contributed by atoms with Crippen LogP contribution in [0.1, 0.15) is 31.9 Å². The normalized spacial score (nSPS) is 11.5. The van der Waals surface area contributed by atoms with Crippen LogP contribution in [0.15, 0.2) is 85.2 Å². The number of hydrogen-bond donors (Lipinski definition) is 4. The molecule has 4 N–H and O–H groups in total. The van der Waals surface area contributed by atoms with Crippen LogP contribution in [-0.4, -0.2) is 49.3 Å². The Morgan fingerprint density at radius 1 is 0.851 bits per heavy atom. The number of carbonyl (C=O) groups is 1. The van der Waals surface area contributed by atoms with Gasteiger partial charge in [-0.1, -0.05) is 75.4 Å². The van der Waals surface area contributed by atoms with Crippen LogP contribution in [0, 0.1) is 0 Å². The topological polar surface area (TPSA) is 156 Å². The maximum Gasteiger partial charge on any atom is 0.326 e. The van der Waals surface area contributed by atoms with E-state index in [0.29, 0.717) is 35.0 Å². The second-order valence-corrected chi connectivity index (χ2v) is 13.6. The molecule has 1 aromatic heterocycles. The summed E-state index contributed by atoms with van der Waals surface area (Å²) in [5, 5.41) is 10.4. The Labute approximate surface area is 274 Å². The van der Waals surface area contributed by atoms with Crippen molar-refractivity contribution in [2.24, 2.45) is 0 Å². The molecule has 12 nitrogen and oxygen atoms in total. The van der Waals surface area contributed by atoms with E-state index in [1.807, 2.05) is 63.2 Å². The number of nitrogens with one attached hydrogen (secondary N) is 4. The summed E-state index contributed by atoms with van der Waals surface area (Å²) in [4.78, 5) is 26.1. The highest BCUT2D eigenvalue weighted by atomic mass is 32.2. The molecule has 5 rings (SSSR count). The number of anilines is 4. The average molecular weight is 656 g/mol. The Balaban J connectivity index is 1.35. The first-order chi connectivity index (χ1) is 22.4. The van der Waals surface area contributed by atoms with E-state index < -0.39 is 16.1 Å². The second-order valence-electron chi connectivity index (χ2n) is 11.8. The third-order valence-electron chi connectivity index (χ3n) is 7.13. The summed E-state index contributed by atoms with van der Waals surface area (Å²) < 4.78 is 38.3. The van der Waals surface area contributed by atoms with E-state index in [0.717, 1.165) is 23.6 Å². The summed E-state index contributed by atoms with van der Waals surface area (Å²) in [6, 6.07) is 24.0. The van der Waals surface area contributed by atoms with E-state index >= 15 is 0 Å². The number of sulfonamides is 1. The SMILES string of the molecule is COc1c(NC(=O)Nc2ccc(Oc3ncnc(NCCc4ccccc4)n3)c3ccccc23)cc(C(C)(C)C)cc1NS(C)(=O)=O. The summed E-state index contributed by atoms with van der Waals surface area (Å²) in [7, 11) is -2.21. The minimum absolute atomic E-state index is 0.121. The van der Waals surface area contributed by atoms with Gasteiger partial charge in [-0.15, -0.1) is 0 Å². The van der Waals surface area contributed by atoms with Crippen LogP contribution in [0.2, 0.25) is 0 Å². The number of rotatable bonds is 11. The van der Waals surface area contributed by atoms with Crippen LogP contribution >= 0.6 is 0 Å². The molecule has 0 saturated carbocycles. The molecule has 0 radical (unpaired) electrons. The lowest BCUT2D eigenvalue weighted by molar-refractivity contribution is 0.262. The van der Waals surface area contributed by atoms with Gasteiger partial charge < -0.3 is 25.4 Å². The van der Waals surface area contributed by atoms with Crippen LogP contribution in [0.4, 0.5) is 27.8 Å². The van der Waals surface area contributed by atoms with Gasteiger partial charge in [0.1, 0.15) is 12.1 Å². The Morgan fingerprint density at radius 2 is 1.53 bits per heavy atom. The Bertz CT molecular complexity index is 2000. The molecular weight excluding hydrogens is 618 g/mol. The lowest BCUT2D eigenvalue weighted by atomic mass is 9.86. The molecule has 0 fully saturated rings. The van der Waals surface area contributed by atoms with Gasteiger partial charge in [0.05, 0.1) is 30.4 Å². The smallest absolute Gasteiger partial charge is 0.326 e. The lowest BCUT2D eigenvalue weighted by Gasteiger charge is -2.24. The van der Waals surface area contributed by atoms with Crippen molar-refractivity contribution < 1.29 is 22.7 Å². The molecule has 0 bridgehead atoms. The highest BCUT2D eigenvalue weighted by Crippen LogP contribution is 2.39. The molecule has 1 heterocycles. The van der Waals surface area contributed by atoms with Gasteiger partial charge in [-0.25, -0.2) is 18.2 Å². The van der Waals surface area contributed by atoms with Gasteiger partial charge in [-0.05, 0) is 47.2 Å². The first-order valence-corrected chi connectivity index (χ1v) is 16.7. The molecule has 4 aromatic carbocycles. The zero-order chi connectivity index (χ0) is 33.6. The summed E-state index contributed by atoms with van der Waals surface area (Å²) in [5.74, 6) is 1.06. The van der Waals surface area contributed by atoms with E-state index in [1.165, 1.54) is 19.0 Å². The molecule has 0 aliphatic heterocycles. The number of ether oxygens (including phenoxy) is 2. The lowest BCUT2D eigenvalue weighted by Crippen LogP contribution is -2.22. The van der Waals surface area contributed by atoms with Gasteiger partial charge in [0, 0.05) is 17.3 Å². The van der Waals surface area contributed by atoms with Gasteiger partial charge >= 0.3 is 12.0 Å². The molecule has 0 atom stereocenters. The number of nitrogens with zero attached hydrogens (tertiary/aromatic N) is 3. The molecule has 5 aromatic rings. The van der Waals surface area contributed by atoms with Gasteiger partial charge in [-0.2, -0.15) is 9.97 Å². The summed E-state index contributed by atoms with van der Waals surface area (Å²) in [6.45, 7) is 6.59. The first-order valence-electron chi connectivity index (χ1n) is 14.8. The number of fused-ring (bicyclic) bond motifs is 1. The van der Waals surface area contributed by atoms with Crippen molar-refractivity contribution in [1.29, 1.82) is 0 Å². The Morgan fingerprint density at radius 3 is 2.23 bits per heavy atom. The zero-order valence-electron chi connectivity index (χ0n) is 26.8. The summed E-state index contributed by atoms with van der Waals surface area (Å²) in [5.41, 5.74) is 2.68. The fourth-order valence-corrected chi connectivity index (χ4v) is 5.42. The van der Waals surface area contributed by atoms with E-state index in [2.05, 4.69) is 47.8 Å². The predicted molar refractivity (Wildman–Crippen MR) is 185 cm³/mol. The van der Waals surface area contributed by atoms with Crippen molar-refractivity contribution in [2.45, 2.75) is 32.6 Å². The monoisotopic (exact) mass is 655 g/mol. The summed E-state index contributed by atoms with van der Waals surface area (Å²) >= 11 is 0. The van der Waals surface area contributed by atoms with Crippen molar-refractivity contribution in [3.8, 4) is 17.5 Å². The van der Waals surface area contributed by atoms with Gasteiger partial charge in [0.25, 0.3) is 0 Å². The largest absolute Gasteiger partial charge is 0.492 e. The minimum Gasteiger partial charge on any atom is -0.492 e. The van der Waals surface area contributed by atoms with E-state index in [4.69, 9.17) is 9.47 Å². The standard InChI is InChI=1S/C34H37N7O5S/c1-34(2,3)23-19-27(30(45-4)28(20-23)41-47(5,43)44)39-32(42)38-26-15-16-29(25-14-10-9-13-24(25)26)46-33-37-21-36-31(40-33)35-18-17-22-11-7-6-8-12-22/h6-16,19-21,41H,17-18H2,1-5H3,(H2,38,39,42)(H,35,36,37,40). The molecule has 0 aliphatic rings. The highest BCUT2D eigenvalue weighted by Gasteiger charge is 2.22. The highest BCUT2D eigenvalue weighted by molar-refractivity contribution is 7.92. The average Bonchev–Trinajstić information content (AvgIpc) is 3.02. The van der Waals surface area contributed by atoms with Crippen molar-refractivity contribution in [3.05, 3.63) is 96.3 Å².